The van der Waals surface area contributed by atoms with Crippen molar-refractivity contribution in [3.8, 4) is 0 Å². The Morgan fingerprint density at radius 3 is 2.67 bits per heavy atom. The minimum atomic E-state index is 0.0559. The molecule has 0 N–H and O–H groups in total. The summed E-state index contributed by atoms with van der Waals surface area (Å²) in [4.78, 5) is 30.0. The van der Waals surface area contributed by atoms with Crippen LogP contribution in [0.2, 0.25) is 0 Å². The third-order valence-electron chi connectivity index (χ3n) is 3.77. The Morgan fingerprint density at radius 1 is 1.33 bits per heavy atom. The minimum Gasteiger partial charge on any atom is -0.341 e. The first-order valence-electron chi connectivity index (χ1n) is 6.89. The van der Waals surface area contributed by atoms with Gasteiger partial charge in [0.1, 0.15) is 0 Å². The fraction of sp³-hybridized carbons (Fsp3) is 0.312. The number of likely N-dealkylation sites (tertiary alicyclic amines) is 1. The molecule has 1 fully saturated rings. The Balaban J connectivity index is 1.55. The first-order valence-corrected chi connectivity index (χ1v) is 7.77. The Bertz CT molecular complexity index is 660. The molecule has 108 valence electrons. The van der Waals surface area contributed by atoms with E-state index in [1.807, 2.05) is 28.5 Å². The Kier molecular flexibility index (Phi) is 3.84. The molecule has 3 heterocycles. The molecule has 2 aromatic heterocycles. The Labute approximate surface area is 127 Å². The van der Waals surface area contributed by atoms with Crippen LogP contribution in [0.1, 0.15) is 33.6 Å². The van der Waals surface area contributed by atoms with Crippen LogP contribution >= 0.6 is 11.3 Å². The lowest BCUT2D eigenvalue weighted by atomic mass is 9.92. The monoisotopic (exact) mass is 300 g/mol. The zero-order valence-corrected chi connectivity index (χ0v) is 12.6. The van der Waals surface area contributed by atoms with Gasteiger partial charge in [-0.05, 0) is 41.6 Å². The van der Waals surface area contributed by atoms with Crippen molar-refractivity contribution in [1.82, 2.24) is 9.88 Å². The number of pyridine rings is 1. The van der Waals surface area contributed by atoms with Gasteiger partial charge in [0.05, 0.1) is 11.3 Å². The fourth-order valence-electron chi connectivity index (χ4n) is 2.47. The van der Waals surface area contributed by atoms with Gasteiger partial charge in [-0.1, -0.05) is 0 Å². The topological polar surface area (TPSA) is 50.3 Å². The molecule has 0 radical (unpaired) electrons. The molecule has 4 nitrogen and oxygen atoms in total. The van der Waals surface area contributed by atoms with Crippen molar-refractivity contribution in [2.75, 3.05) is 13.1 Å². The molecule has 0 bridgehead atoms. The number of hydrogen-bond acceptors (Lipinski definition) is 4. The van der Waals surface area contributed by atoms with Crippen molar-refractivity contribution in [1.29, 1.82) is 0 Å². The van der Waals surface area contributed by atoms with E-state index in [2.05, 4.69) is 4.98 Å². The molecule has 1 saturated heterocycles. The summed E-state index contributed by atoms with van der Waals surface area (Å²) in [6, 6.07) is 5.83. The highest BCUT2D eigenvalue weighted by molar-refractivity contribution is 7.12. The molecule has 2 aromatic rings. The highest BCUT2D eigenvalue weighted by atomic mass is 32.1. The van der Waals surface area contributed by atoms with Gasteiger partial charge in [0.2, 0.25) is 5.91 Å². The van der Waals surface area contributed by atoms with Crippen molar-refractivity contribution in [3.05, 3.63) is 52.0 Å². The minimum absolute atomic E-state index is 0.0559. The molecule has 0 spiro atoms. The van der Waals surface area contributed by atoms with Gasteiger partial charge >= 0.3 is 0 Å². The van der Waals surface area contributed by atoms with Crippen LogP contribution in [0.3, 0.4) is 0 Å². The smallest absolute Gasteiger partial charge is 0.227 e. The van der Waals surface area contributed by atoms with Crippen LogP contribution in [0.25, 0.3) is 0 Å². The first-order chi connectivity index (χ1) is 10.1. The number of amides is 1. The van der Waals surface area contributed by atoms with Gasteiger partial charge in [0.25, 0.3) is 0 Å². The second-order valence-corrected chi connectivity index (χ2v) is 6.24. The molecule has 1 aliphatic heterocycles. The molecule has 21 heavy (non-hydrogen) atoms. The van der Waals surface area contributed by atoms with Crippen LogP contribution in [0.4, 0.5) is 0 Å². The zero-order valence-electron chi connectivity index (χ0n) is 11.8. The second-order valence-electron chi connectivity index (χ2n) is 5.33. The fourth-order valence-corrected chi connectivity index (χ4v) is 3.28. The summed E-state index contributed by atoms with van der Waals surface area (Å²) in [6.07, 6.45) is 3.95. The molecule has 0 atom stereocenters. The number of carbonyl (C=O) groups is 2. The van der Waals surface area contributed by atoms with E-state index in [0.717, 1.165) is 23.5 Å². The molecular formula is C16H16N2O2S. The number of hydrogen-bond donors (Lipinski definition) is 0. The van der Waals surface area contributed by atoms with Crippen LogP contribution in [0.5, 0.6) is 0 Å². The van der Waals surface area contributed by atoms with Gasteiger partial charge < -0.3 is 4.90 Å². The summed E-state index contributed by atoms with van der Waals surface area (Å²) in [5, 5.41) is 1.90. The maximum atomic E-state index is 12.2. The van der Waals surface area contributed by atoms with E-state index in [9.17, 15) is 9.59 Å². The molecular weight excluding hydrogens is 284 g/mol. The van der Waals surface area contributed by atoms with Crippen molar-refractivity contribution in [2.45, 2.75) is 19.3 Å². The predicted octanol–water partition coefficient (Wildman–Crippen LogP) is 2.51. The molecule has 0 aromatic carbocycles. The van der Waals surface area contributed by atoms with Crippen molar-refractivity contribution in [2.24, 2.45) is 0 Å². The van der Waals surface area contributed by atoms with E-state index in [1.165, 1.54) is 16.9 Å². The summed E-state index contributed by atoms with van der Waals surface area (Å²) in [7, 11) is 0. The largest absolute Gasteiger partial charge is 0.341 e. The third-order valence-corrected chi connectivity index (χ3v) is 4.85. The average molecular weight is 300 g/mol. The van der Waals surface area contributed by atoms with E-state index in [-0.39, 0.29) is 11.7 Å². The van der Waals surface area contributed by atoms with Crippen LogP contribution in [0.15, 0.2) is 36.0 Å². The Morgan fingerprint density at radius 2 is 2.05 bits per heavy atom. The number of Topliss-reactive ketones (excluding diaryl/α,β-unsaturated/α-hetero) is 1. The van der Waals surface area contributed by atoms with Crippen molar-refractivity contribution in [3.63, 3.8) is 0 Å². The molecule has 0 aliphatic carbocycles. The highest BCUT2D eigenvalue weighted by Crippen LogP contribution is 2.27. The van der Waals surface area contributed by atoms with E-state index in [4.69, 9.17) is 0 Å². The van der Waals surface area contributed by atoms with Gasteiger partial charge in [-0.3, -0.25) is 14.6 Å². The van der Waals surface area contributed by atoms with E-state index in [0.29, 0.717) is 12.3 Å². The lowest BCUT2D eigenvalue weighted by Crippen LogP contribution is -2.49. The van der Waals surface area contributed by atoms with Gasteiger partial charge in [-0.25, -0.2) is 0 Å². The lowest BCUT2D eigenvalue weighted by Gasteiger charge is -2.39. The molecule has 5 heteroatoms. The standard InChI is InChI=1S/C16H16N2O2S/c1-11(19)15-6-12(10-21-15)7-16(20)18-8-14(9-18)13-2-4-17-5-3-13/h2-6,10,14H,7-9H2,1H3. The number of carbonyl (C=O) groups excluding carboxylic acids is 2. The summed E-state index contributed by atoms with van der Waals surface area (Å²) in [5.74, 6) is 0.612. The van der Waals surface area contributed by atoms with E-state index < -0.39 is 0 Å². The SMILES string of the molecule is CC(=O)c1cc(CC(=O)N2CC(c3ccncc3)C2)cs1. The van der Waals surface area contributed by atoms with Crippen LogP contribution in [-0.2, 0) is 11.2 Å². The van der Waals surface area contributed by atoms with Crippen LogP contribution in [-0.4, -0.2) is 34.7 Å². The quantitative estimate of drug-likeness (QED) is 0.815. The van der Waals surface area contributed by atoms with Crippen molar-refractivity contribution < 1.29 is 9.59 Å². The summed E-state index contributed by atoms with van der Waals surface area (Å²) < 4.78 is 0. The predicted molar refractivity (Wildman–Crippen MR) is 81.6 cm³/mol. The molecule has 1 amide bonds. The second kappa shape index (κ2) is 5.77. The first kappa shape index (κ1) is 13.9. The maximum absolute atomic E-state index is 12.2. The number of ketones is 1. The van der Waals surface area contributed by atoms with Gasteiger partial charge in [0.15, 0.2) is 5.78 Å². The summed E-state index contributed by atoms with van der Waals surface area (Å²) >= 11 is 1.41. The van der Waals surface area contributed by atoms with Gasteiger partial charge in [0, 0.05) is 31.4 Å². The zero-order chi connectivity index (χ0) is 14.8. The number of thiophene rings is 1. The molecule has 3 rings (SSSR count). The van der Waals surface area contributed by atoms with Gasteiger partial charge in [-0.2, -0.15) is 0 Å². The van der Waals surface area contributed by atoms with Crippen LogP contribution in [0, 0.1) is 0 Å². The highest BCUT2D eigenvalue weighted by Gasteiger charge is 2.31. The number of aromatic nitrogens is 1. The summed E-state index contributed by atoms with van der Waals surface area (Å²) in [6.45, 7) is 3.09. The van der Waals surface area contributed by atoms with Gasteiger partial charge in [-0.15, -0.1) is 11.3 Å². The molecule has 1 aliphatic rings. The van der Waals surface area contributed by atoms with E-state index in [1.54, 1.807) is 19.3 Å². The maximum Gasteiger partial charge on any atom is 0.227 e. The van der Waals surface area contributed by atoms with E-state index >= 15 is 0 Å². The number of nitrogens with zero attached hydrogens (tertiary/aromatic N) is 2. The Hall–Kier alpha value is -2.01. The normalized spacial score (nSPS) is 14.8. The molecule has 0 unspecified atom stereocenters. The molecule has 0 saturated carbocycles. The number of rotatable bonds is 4. The van der Waals surface area contributed by atoms with Crippen molar-refractivity contribution >= 4 is 23.0 Å². The average Bonchev–Trinajstić information content (AvgIpc) is 2.87. The third kappa shape index (κ3) is 3.03. The van der Waals surface area contributed by atoms with Crippen LogP contribution < -0.4 is 0 Å². The lowest BCUT2D eigenvalue weighted by molar-refractivity contribution is -0.134. The summed E-state index contributed by atoms with van der Waals surface area (Å²) in [5.41, 5.74) is 2.17.